The van der Waals surface area contributed by atoms with Crippen LogP contribution >= 0.6 is 7.82 Å². The van der Waals surface area contributed by atoms with Crippen LogP contribution in [0.4, 0.5) is 0 Å². The zero-order valence-corrected chi connectivity index (χ0v) is 22.8. The lowest BCUT2D eigenvalue weighted by atomic mass is 10.2. The fourth-order valence-electron chi connectivity index (χ4n) is 2.76. The molecule has 11 heteroatoms. The molecule has 0 aliphatic carbocycles. The summed E-state index contributed by atoms with van der Waals surface area (Å²) >= 11 is 0. The predicted octanol–water partition coefficient (Wildman–Crippen LogP) is 3.86. The van der Waals surface area contributed by atoms with E-state index in [1.807, 2.05) is 12.2 Å². The van der Waals surface area contributed by atoms with Gasteiger partial charge < -0.3 is 25.6 Å². The molecule has 212 valence electrons. The first-order valence-electron chi connectivity index (χ1n) is 12.8. The molecule has 0 saturated carbocycles. The zero-order chi connectivity index (χ0) is 27.8. The van der Waals surface area contributed by atoms with Gasteiger partial charge in [-0.05, 0) is 44.9 Å². The van der Waals surface area contributed by atoms with E-state index < -0.39 is 51.7 Å². The van der Waals surface area contributed by atoms with Crippen molar-refractivity contribution >= 4 is 19.8 Å². The highest BCUT2D eigenvalue weighted by Crippen LogP contribution is 2.43. The third-order valence-electron chi connectivity index (χ3n) is 4.92. The number of hydrogen-bond donors (Lipinski definition) is 4. The smallest absolute Gasteiger partial charge is 0.472 e. The number of carbonyl (C=O) groups is 2. The third kappa shape index (κ3) is 22.8. The molecule has 0 aliphatic heterocycles. The minimum atomic E-state index is -4.58. The number of unbranched alkanes of at least 4 members (excludes halogenated alkanes) is 4. The highest BCUT2D eigenvalue weighted by molar-refractivity contribution is 7.47. The molecule has 0 aromatic rings. The van der Waals surface area contributed by atoms with Gasteiger partial charge in [-0.1, -0.05) is 68.4 Å². The van der Waals surface area contributed by atoms with Crippen LogP contribution in [0.3, 0.4) is 0 Å². The number of carboxylic acid groups (broad SMARTS) is 1. The number of phosphoric ester groups is 1. The summed E-state index contributed by atoms with van der Waals surface area (Å²) in [4.78, 5) is 32.1. The van der Waals surface area contributed by atoms with E-state index in [-0.39, 0.29) is 6.42 Å². The number of carbonyl (C=O) groups excluding carboxylic acids is 1. The summed E-state index contributed by atoms with van der Waals surface area (Å²) in [6, 6.07) is -1.25. The summed E-state index contributed by atoms with van der Waals surface area (Å²) < 4.78 is 26.0. The third-order valence-corrected chi connectivity index (χ3v) is 5.87. The molecule has 37 heavy (non-hydrogen) atoms. The van der Waals surface area contributed by atoms with Crippen LogP contribution in [0.15, 0.2) is 48.6 Å². The maximum atomic E-state index is 11.9. The minimum absolute atomic E-state index is 0.115. The molecule has 0 rings (SSSR count). The summed E-state index contributed by atoms with van der Waals surface area (Å²) in [7, 11) is -4.58. The van der Waals surface area contributed by atoms with Gasteiger partial charge in [0.25, 0.3) is 0 Å². The number of esters is 1. The Labute approximate surface area is 220 Å². The van der Waals surface area contributed by atoms with E-state index in [4.69, 9.17) is 9.84 Å². The molecule has 0 saturated heterocycles. The number of allylic oxidation sites excluding steroid dienone is 8. The standard InChI is InChI=1S/C26H44NO9P/c1-2-3-4-5-6-7-8-9-10-11-12-13-14-15-16-17-18-19-25(29)36-23(20-28)21-34-37(32,33)35-22-24(27)26(30)31/h6-7,9-10,12-13,15-16,23-24,28H,2-5,8,11,14,17-22,27H2,1H3,(H,30,31)(H,32,33)/p+1/b7-6-,10-9-,13-12-,16-15-. The second-order valence-corrected chi connectivity index (χ2v) is 9.82. The highest BCUT2D eigenvalue weighted by atomic mass is 31.2. The van der Waals surface area contributed by atoms with Crippen molar-refractivity contribution in [2.24, 2.45) is 0 Å². The molecule has 3 unspecified atom stereocenters. The largest absolute Gasteiger partial charge is 0.477 e. The van der Waals surface area contributed by atoms with E-state index >= 15 is 0 Å². The molecule has 0 aliphatic rings. The van der Waals surface area contributed by atoms with Gasteiger partial charge in [0.1, 0.15) is 12.7 Å². The Hall–Kier alpha value is -2.07. The van der Waals surface area contributed by atoms with Gasteiger partial charge in [-0.25, -0.2) is 9.36 Å². The van der Waals surface area contributed by atoms with Crippen molar-refractivity contribution in [3.63, 3.8) is 0 Å². The fraction of sp³-hybridized carbons (Fsp3) is 0.615. The van der Waals surface area contributed by atoms with Gasteiger partial charge in [-0.3, -0.25) is 13.8 Å². The maximum Gasteiger partial charge on any atom is 0.472 e. The Morgan fingerprint density at radius 2 is 1.38 bits per heavy atom. The monoisotopic (exact) mass is 546 g/mol. The quantitative estimate of drug-likeness (QED) is 0.0644. The second-order valence-electron chi connectivity index (χ2n) is 8.37. The van der Waals surface area contributed by atoms with Crippen molar-refractivity contribution in [2.75, 3.05) is 19.8 Å². The van der Waals surface area contributed by atoms with E-state index in [0.717, 1.165) is 25.7 Å². The van der Waals surface area contributed by atoms with Crippen molar-refractivity contribution in [3.05, 3.63) is 48.6 Å². The summed E-state index contributed by atoms with van der Waals surface area (Å²) in [5, 5.41) is 18.0. The van der Waals surface area contributed by atoms with Gasteiger partial charge in [0.15, 0.2) is 0 Å². The summed E-state index contributed by atoms with van der Waals surface area (Å²) in [6.45, 7) is 0.377. The van der Waals surface area contributed by atoms with Crippen LogP contribution in [0.1, 0.15) is 71.1 Å². The first-order chi connectivity index (χ1) is 17.7. The van der Waals surface area contributed by atoms with Crippen LogP contribution in [0.25, 0.3) is 0 Å². The van der Waals surface area contributed by atoms with E-state index in [1.165, 1.54) is 19.3 Å². The number of quaternary nitrogens is 1. The lowest BCUT2D eigenvalue weighted by molar-refractivity contribution is -0.411. The van der Waals surface area contributed by atoms with Crippen molar-refractivity contribution in [1.82, 2.24) is 0 Å². The number of aliphatic hydroxyl groups is 1. The maximum absolute atomic E-state index is 11.9. The van der Waals surface area contributed by atoms with Gasteiger partial charge in [0.2, 0.25) is 6.04 Å². The number of phosphoric acid groups is 1. The highest BCUT2D eigenvalue weighted by Gasteiger charge is 2.28. The van der Waals surface area contributed by atoms with Crippen molar-refractivity contribution in [2.45, 2.75) is 83.3 Å². The topological polar surface area (TPSA) is 167 Å². The molecule has 10 nitrogen and oxygen atoms in total. The zero-order valence-electron chi connectivity index (χ0n) is 21.9. The number of ether oxygens (including phenoxy) is 1. The Bertz CT molecular complexity index is 780. The lowest BCUT2D eigenvalue weighted by Crippen LogP contribution is -2.67. The SMILES string of the molecule is CCCCC/C=C\C/C=C\C/C=C\C/C=C\CCCC(=O)OC(CO)COP(=O)(O)OCC([NH3+])C(=O)O. The summed E-state index contributed by atoms with van der Waals surface area (Å²) in [6.07, 6.45) is 24.8. The number of aliphatic hydroxyl groups excluding tert-OH is 1. The molecule has 0 aromatic heterocycles. The molecule has 6 N–H and O–H groups in total. The molecule has 3 atom stereocenters. The van der Waals surface area contributed by atoms with E-state index in [2.05, 4.69) is 58.2 Å². The lowest BCUT2D eigenvalue weighted by Gasteiger charge is -2.18. The first-order valence-corrected chi connectivity index (χ1v) is 14.3. The molecule has 0 heterocycles. The molecule has 0 aromatic carbocycles. The van der Waals surface area contributed by atoms with E-state index in [0.29, 0.717) is 12.8 Å². The van der Waals surface area contributed by atoms with Gasteiger partial charge >= 0.3 is 19.8 Å². The Kier molecular flexibility index (Phi) is 21.8. The van der Waals surface area contributed by atoms with Crippen molar-refractivity contribution < 1.29 is 48.8 Å². The number of rotatable bonds is 23. The normalized spacial score (nSPS) is 15.6. The number of carboxylic acids is 1. The molecule has 0 radical (unpaired) electrons. The first kappa shape index (κ1) is 34.9. The van der Waals surface area contributed by atoms with E-state index in [9.17, 15) is 24.2 Å². The fourth-order valence-corrected chi connectivity index (χ4v) is 3.56. The Morgan fingerprint density at radius 3 is 1.89 bits per heavy atom. The number of hydrogen-bond acceptors (Lipinski definition) is 7. The number of aliphatic carboxylic acids is 1. The van der Waals surface area contributed by atoms with Crippen LogP contribution < -0.4 is 5.73 Å². The van der Waals surface area contributed by atoms with Crippen LogP contribution in [0, 0.1) is 0 Å². The average molecular weight is 547 g/mol. The average Bonchev–Trinajstić information content (AvgIpc) is 2.86. The Morgan fingerprint density at radius 1 is 0.865 bits per heavy atom. The molecule has 0 spiro atoms. The van der Waals surface area contributed by atoms with Gasteiger partial charge in [-0.15, -0.1) is 0 Å². The van der Waals surface area contributed by atoms with Crippen LogP contribution in [0.2, 0.25) is 0 Å². The molecular formula is C26H45NO9P+. The van der Waals surface area contributed by atoms with Gasteiger partial charge in [0.05, 0.1) is 13.2 Å². The Balaban J connectivity index is 3.94. The van der Waals surface area contributed by atoms with E-state index in [1.54, 1.807) is 0 Å². The molecule has 0 bridgehead atoms. The second kappa shape index (κ2) is 23.1. The van der Waals surface area contributed by atoms with Crippen molar-refractivity contribution in [1.29, 1.82) is 0 Å². The minimum Gasteiger partial charge on any atom is -0.477 e. The van der Waals surface area contributed by atoms with Gasteiger partial charge in [0, 0.05) is 6.42 Å². The van der Waals surface area contributed by atoms with Crippen LogP contribution in [0.5, 0.6) is 0 Å². The van der Waals surface area contributed by atoms with Crippen LogP contribution in [-0.2, 0) is 27.9 Å². The summed E-state index contributed by atoms with van der Waals surface area (Å²) in [5.41, 5.74) is 3.24. The van der Waals surface area contributed by atoms with Crippen molar-refractivity contribution in [3.8, 4) is 0 Å². The predicted molar refractivity (Wildman–Crippen MR) is 141 cm³/mol. The summed E-state index contributed by atoms with van der Waals surface area (Å²) in [5.74, 6) is -1.87. The van der Waals surface area contributed by atoms with Crippen LogP contribution in [-0.4, -0.2) is 59.0 Å². The molecular weight excluding hydrogens is 501 g/mol. The van der Waals surface area contributed by atoms with Gasteiger partial charge in [-0.2, -0.15) is 0 Å². The molecule has 0 amide bonds. The molecule has 0 fully saturated rings.